The molecule has 0 amide bonds. The first-order chi connectivity index (χ1) is 5.79. The number of aliphatic imine (C=N–C) groups is 1. The molecule has 0 saturated heterocycles. The molecule has 0 aromatic rings. The van der Waals surface area contributed by atoms with Gasteiger partial charge >= 0.3 is 0 Å². The molecule has 0 aromatic carbocycles. The van der Waals surface area contributed by atoms with E-state index in [9.17, 15) is 0 Å². The molecule has 1 aliphatic heterocycles. The van der Waals surface area contributed by atoms with Crippen molar-refractivity contribution in [2.45, 2.75) is 6.42 Å². The maximum absolute atomic E-state index is 3.98. The van der Waals surface area contributed by atoms with E-state index in [1.165, 1.54) is 0 Å². The van der Waals surface area contributed by atoms with Gasteiger partial charge in [-0.2, -0.15) is 0 Å². The van der Waals surface area contributed by atoms with Gasteiger partial charge in [-0.3, -0.25) is 0 Å². The molecule has 64 valence electrons. The first-order valence-corrected chi connectivity index (χ1v) is 4.08. The largest absolute Gasteiger partial charge is 0.309 e. The highest BCUT2D eigenvalue weighted by Crippen LogP contribution is 2.01. The van der Waals surface area contributed by atoms with Crippen LogP contribution < -0.4 is 0 Å². The van der Waals surface area contributed by atoms with Gasteiger partial charge in [0.05, 0.1) is 0 Å². The lowest BCUT2D eigenvalue weighted by molar-refractivity contribution is 0.415. The molecule has 0 aliphatic carbocycles. The van der Waals surface area contributed by atoms with E-state index in [1.54, 1.807) is 6.20 Å². The molecule has 0 spiro atoms. The normalized spacial score (nSPS) is 15.1. The predicted octanol–water partition coefficient (Wildman–Crippen LogP) is 1.62. The van der Waals surface area contributed by atoms with E-state index in [0.29, 0.717) is 0 Å². The van der Waals surface area contributed by atoms with Crippen molar-refractivity contribution in [3.63, 3.8) is 0 Å². The summed E-state index contributed by atoms with van der Waals surface area (Å²) in [6, 6.07) is 0. The molecule has 0 unspecified atom stereocenters. The number of hydrogen-bond donors (Lipinski definition) is 0. The summed E-state index contributed by atoms with van der Waals surface area (Å²) < 4.78 is 0. The number of rotatable bonds is 3. The average molecular weight is 162 g/mol. The summed E-state index contributed by atoms with van der Waals surface area (Å²) in [5.74, 6) is 2.98. The lowest BCUT2D eigenvalue weighted by atomic mass is 10.2. The van der Waals surface area contributed by atoms with Gasteiger partial charge in [0.25, 0.3) is 0 Å². The SMILES string of the molecule is CN(C)CCC1=C=NC=CC=C1. The third kappa shape index (κ3) is 3.33. The Morgan fingerprint density at radius 2 is 2.25 bits per heavy atom. The summed E-state index contributed by atoms with van der Waals surface area (Å²) in [4.78, 5) is 6.14. The molecular weight excluding hydrogens is 148 g/mol. The molecule has 1 aliphatic rings. The fourth-order valence-electron chi connectivity index (χ4n) is 0.905. The van der Waals surface area contributed by atoms with Crippen molar-refractivity contribution in [3.05, 3.63) is 30.0 Å². The van der Waals surface area contributed by atoms with Crippen molar-refractivity contribution >= 4 is 5.87 Å². The molecule has 0 radical (unpaired) electrons. The van der Waals surface area contributed by atoms with Gasteiger partial charge in [0, 0.05) is 18.3 Å². The maximum atomic E-state index is 3.98. The van der Waals surface area contributed by atoms with Gasteiger partial charge in [0.2, 0.25) is 0 Å². The first-order valence-electron chi connectivity index (χ1n) is 4.08. The Balaban J connectivity index is 2.47. The van der Waals surface area contributed by atoms with Crippen LogP contribution >= 0.6 is 0 Å². The fraction of sp³-hybridized carbons (Fsp3) is 0.400. The lowest BCUT2D eigenvalue weighted by Crippen LogP contribution is -2.13. The van der Waals surface area contributed by atoms with Crippen LogP contribution in [0.25, 0.3) is 0 Å². The Morgan fingerprint density at radius 3 is 3.00 bits per heavy atom. The van der Waals surface area contributed by atoms with Gasteiger partial charge in [0.15, 0.2) is 0 Å². The fourth-order valence-corrected chi connectivity index (χ4v) is 0.905. The third-order valence-corrected chi connectivity index (χ3v) is 1.61. The van der Waals surface area contributed by atoms with Crippen molar-refractivity contribution in [1.82, 2.24) is 4.90 Å². The number of nitrogens with zero attached hydrogens (tertiary/aromatic N) is 2. The molecule has 1 rings (SSSR count). The van der Waals surface area contributed by atoms with Crippen molar-refractivity contribution < 1.29 is 0 Å². The molecule has 0 fully saturated rings. The zero-order chi connectivity index (χ0) is 8.81. The van der Waals surface area contributed by atoms with E-state index >= 15 is 0 Å². The second-order valence-corrected chi connectivity index (χ2v) is 3.02. The van der Waals surface area contributed by atoms with Gasteiger partial charge in [-0.05, 0) is 38.5 Å². The summed E-state index contributed by atoms with van der Waals surface area (Å²) in [5.41, 5.74) is 1.16. The monoisotopic (exact) mass is 162 g/mol. The van der Waals surface area contributed by atoms with Crippen molar-refractivity contribution in [2.75, 3.05) is 20.6 Å². The van der Waals surface area contributed by atoms with Crippen LogP contribution in [0.2, 0.25) is 0 Å². The Labute approximate surface area is 73.6 Å². The molecule has 12 heavy (non-hydrogen) atoms. The van der Waals surface area contributed by atoms with E-state index in [2.05, 4.69) is 35.9 Å². The summed E-state index contributed by atoms with van der Waals surface area (Å²) in [7, 11) is 4.13. The minimum absolute atomic E-state index is 1.01. The minimum atomic E-state index is 1.01. The standard InChI is InChI=1S/C10H14N2/c1-12(2)8-6-10-5-3-4-7-11-9-10/h3-5,7H,6,8H2,1-2H3. The van der Waals surface area contributed by atoms with Crippen LogP contribution in [-0.4, -0.2) is 31.4 Å². The molecule has 2 heteroatoms. The Kier molecular flexibility index (Phi) is 3.52. The summed E-state index contributed by atoms with van der Waals surface area (Å²) >= 11 is 0. The highest BCUT2D eigenvalue weighted by molar-refractivity contribution is 5.63. The van der Waals surface area contributed by atoms with Crippen LogP contribution in [0.15, 0.2) is 35.0 Å². The number of allylic oxidation sites excluding steroid dienone is 3. The van der Waals surface area contributed by atoms with Crippen LogP contribution in [-0.2, 0) is 0 Å². The molecule has 0 aromatic heterocycles. The van der Waals surface area contributed by atoms with Crippen molar-refractivity contribution in [2.24, 2.45) is 4.99 Å². The third-order valence-electron chi connectivity index (χ3n) is 1.61. The second-order valence-electron chi connectivity index (χ2n) is 3.02. The summed E-state index contributed by atoms with van der Waals surface area (Å²) in [6.07, 6.45) is 8.72. The minimum Gasteiger partial charge on any atom is -0.309 e. The van der Waals surface area contributed by atoms with Crippen molar-refractivity contribution in [1.29, 1.82) is 0 Å². The van der Waals surface area contributed by atoms with E-state index < -0.39 is 0 Å². The van der Waals surface area contributed by atoms with E-state index in [4.69, 9.17) is 0 Å². The zero-order valence-electron chi connectivity index (χ0n) is 7.62. The maximum Gasteiger partial charge on any atom is 0.0368 e. The van der Waals surface area contributed by atoms with Crippen LogP contribution in [0.3, 0.4) is 0 Å². The molecule has 1 heterocycles. The number of hydrogen-bond acceptors (Lipinski definition) is 2. The molecular formula is C10H14N2. The average Bonchev–Trinajstić information content (AvgIpc) is 2.28. The smallest absolute Gasteiger partial charge is 0.0368 e. The van der Waals surface area contributed by atoms with E-state index in [1.807, 2.05) is 12.2 Å². The Morgan fingerprint density at radius 1 is 1.42 bits per heavy atom. The molecule has 0 saturated carbocycles. The quantitative estimate of drug-likeness (QED) is 0.615. The Hall–Kier alpha value is -1.11. The van der Waals surface area contributed by atoms with Gasteiger partial charge < -0.3 is 4.90 Å². The lowest BCUT2D eigenvalue weighted by Gasteiger charge is -2.07. The summed E-state index contributed by atoms with van der Waals surface area (Å²) in [5, 5.41) is 0. The highest BCUT2D eigenvalue weighted by Gasteiger charge is 1.94. The first kappa shape index (κ1) is 8.98. The van der Waals surface area contributed by atoms with Crippen molar-refractivity contribution in [3.8, 4) is 0 Å². The summed E-state index contributed by atoms with van der Waals surface area (Å²) in [6.45, 7) is 1.04. The van der Waals surface area contributed by atoms with Gasteiger partial charge in [-0.1, -0.05) is 6.08 Å². The molecule has 2 nitrogen and oxygen atoms in total. The van der Waals surface area contributed by atoms with Gasteiger partial charge in [-0.25, -0.2) is 4.99 Å². The topological polar surface area (TPSA) is 15.6 Å². The van der Waals surface area contributed by atoms with E-state index in [-0.39, 0.29) is 0 Å². The predicted molar refractivity (Wildman–Crippen MR) is 52.4 cm³/mol. The van der Waals surface area contributed by atoms with Crippen LogP contribution in [0.4, 0.5) is 0 Å². The van der Waals surface area contributed by atoms with Crippen LogP contribution in [0, 0.1) is 0 Å². The van der Waals surface area contributed by atoms with E-state index in [0.717, 1.165) is 18.5 Å². The van der Waals surface area contributed by atoms with Gasteiger partial charge in [-0.15, -0.1) is 0 Å². The van der Waals surface area contributed by atoms with Crippen LogP contribution in [0.1, 0.15) is 6.42 Å². The molecule has 0 atom stereocenters. The Bertz CT molecular complexity index is 253. The highest BCUT2D eigenvalue weighted by atomic mass is 15.0. The zero-order valence-corrected chi connectivity index (χ0v) is 7.62. The van der Waals surface area contributed by atoms with Crippen LogP contribution in [0.5, 0.6) is 0 Å². The van der Waals surface area contributed by atoms with Gasteiger partial charge in [0.1, 0.15) is 0 Å². The second kappa shape index (κ2) is 4.70. The molecule has 0 N–H and O–H groups in total. The molecule has 0 bridgehead atoms.